The van der Waals surface area contributed by atoms with E-state index in [1.807, 2.05) is 26.8 Å². The van der Waals surface area contributed by atoms with Gasteiger partial charge in [-0.05, 0) is 44.5 Å². The van der Waals surface area contributed by atoms with Crippen LogP contribution in [0.1, 0.15) is 60.7 Å². The van der Waals surface area contributed by atoms with Crippen molar-refractivity contribution in [1.82, 2.24) is 9.88 Å². The Hall–Kier alpha value is -3.42. The van der Waals surface area contributed by atoms with Crippen molar-refractivity contribution >= 4 is 17.8 Å². The zero-order valence-corrected chi connectivity index (χ0v) is 18.5. The lowest BCUT2D eigenvalue weighted by Crippen LogP contribution is -2.52. The van der Waals surface area contributed by atoms with Gasteiger partial charge in [0.15, 0.2) is 5.78 Å². The molecular formula is C24H27N3O5. The van der Waals surface area contributed by atoms with E-state index >= 15 is 0 Å². The maximum atomic E-state index is 13.0. The first-order valence-electron chi connectivity index (χ1n) is 10.6. The summed E-state index contributed by atoms with van der Waals surface area (Å²) < 4.78 is 11.8. The van der Waals surface area contributed by atoms with Gasteiger partial charge in [-0.1, -0.05) is 6.07 Å². The van der Waals surface area contributed by atoms with E-state index < -0.39 is 17.1 Å². The van der Waals surface area contributed by atoms with Gasteiger partial charge < -0.3 is 20.1 Å². The summed E-state index contributed by atoms with van der Waals surface area (Å²) in [6, 6.07) is 7.03. The van der Waals surface area contributed by atoms with Gasteiger partial charge in [0.1, 0.15) is 17.0 Å². The molecule has 4 rings (SSSR count). The molecule has 2 aromatic rings. The molecule has 2 amide bonds. The van der Waals surface area contributed by atoms with Crippen LogP contribution in [0.3, 0.4) is 0 Å². The molecule has 0 bridgehead atoms. The minimum Gasteiger partial charge on any atom is -0.486 e. The van der Waals surface area contributed by atoms with E-state index in [9.17, 15) is 14.4 Å². The maximum absolute atomic E-state index is 13.0. The molecule has 0 saturated carbocycles. The first-order valence-corrected chi connectivity index (χ1v) is 10.6. The smallest absolute Gasteiger partial charge is 0.410 e. The van der Waals surface area contributed by atoms with Crippen LogP contribution < -0.4 is 10.5 Å². The summed E-state index contributed by atoms with van der Waals surface area (Å²) in [4.78, 5) is 42.6. The summed E-state index contributed by atoms with van der Waals surface area (Å²) in [5.41, 5.74) is 6.45. The van der Waals surface area contributed by atoms with Gasteiger partial charge in [-0.2, -0.15) is 0 Å². The number of nitrogens with zero attached hydrogens (tertiary/aromatic N) is 2. The number of carbonyl (C=O) groups excluding carboxylic acids is 3. The van der Waals surface area contributed by atoms with Crippen LogP contribution in [0.5, 0.6) is 5.75 Å². The molecule has 3 heterocycles. The number of piperidine rings is 1. The molecule has 168 valence electrons. The maximum Gasteiger partial charge on any atom is 0.410 e. The second-order valence-electron chi connectivity index (χ2n) is 9.39. The van der Waals surface area contributed by atoms with Crippen molar-refractivity contribution < 1.29 is 23.9 Å². The van der Waals surface area contributed by atoms with Crippen LogP contribution in [-0.4, -0.2) is 52.0 Å². The number of rotatable bonds is 2. The molecule has 8 heteroatoms. The van der Waals surface area contributed by atoms with Crippen LogP contribution in [0.25, 0.3) is 11.1 Å². The number of pyridine rings is 1. The van der Waals surface area contributed by atoms with Crippen molar-refractivity contribution in [2.75, 3.05) is 13.1 Å². The lowest BCUT2D eigenvalue weighted by molar-refractivity contribution is -0.0226. The third kappa shape index (κ3) is 4.44. The Morgan fingerprint density at radius 3 is 2.50 bits per heavy atom. The van der Waals surface area contributed by atoms with Crippen molar-refractivity contribution in [2.24, 2.45) is 5.73 Å². The summed E-state index contributed by atoms with van der Waals surface area (Å²) in [6.07, 6.45) is 4.06. The van der Waals surface area contributed by atoms with E-state index in [1.54, 1.807) is 29.3 Å². The minimum atomic E-state index is -0.614. The second-order valence-corrected chi connectivity index (χ2v) is 9.39. The zero-order valence-electron chi connectivity index (χ0n) is 18.5. The summed E-state index contributed by atoms with van der Waals surface area (Å²) in [7, 11) is 0. The van der Waals surface area contributed by atoms with Crippen molar-refractivity contribution in [2.45, 2.75) is 51.2 Å². The van der Waals surface area contributed by atoms with Gasteiger partial charge in [-0.15, -0.1) is 0 Å². The fourth-order valence-electron chi connectivity index (χ4n) is 4.11. The fraction of sp³-hybridized carbons (Fsp3) is 0.417. The van der Waals surface area contributed by atoms with Crippen LogP contribution in [-0.2, 0) is 4.74 Å². The number of aromatic nitrogens is 1. The van der Waals surface area contributed by atoms with Crippen molar-refractivity contribution in [1.29, 1.82) is 0 Å². The Balaban J connectivity index is 1.51. The van der Waals surface area contributed by atoms with E-state index in [1.165, 1.54) is 6.20 Å². The molecule has 1 aromatic carbocycles. The monoisotopic (exact) mass is 437 g/mol. The highest BCUT2D eigenvalue weighted by Crippen LogP contribution is 2.41. The molecule has 2 aliphatic heterocycles. The van der Waals surface area contributed by atoms with Gasteiger partial charge in [-0.25, -0.2) is 4.79 Å². The quantitative estimate of drug-likeness (QED) is 0.769. The molecule has 0 unspecified atom stereocenters. The van der Waals surface area contributed by atoms with Crippen molar-refractivity contribution in [3.8, 4) is 16.9 Å². The van der Waals surface area contributed by atoms with E-state index in [0.717, 1.165) is 5.56 Å². The molecular weight excluding hydrogens is 410 g/mol. The highest BCUT2D eigenvalue weighted by Gasteiger charge is 2.44. The Morgan fingerprint density at radius 2 is 1.84 bits per heavy atom. The molecule has 0 atom stereocenters. The molecule has 0 aliphatic carbocycles. The zero-order chi connectivity index (χ0) is 23.1. The highest BCUT2D eigenvalue weighted by atomic mass is 16.6. The lowest BCUT2D eigenvalue weighted by atomic mass is 9.82. The minimum absolute atomic E-state index is 0.00201. The number of hydrogen-bond acceptors (Lipinski definition) is 6. The summed E-state index contributed by atoms with van der Waals surface area (Å²) in [6.45, 7) is 6.46. The number of fused-ring (bicyclic) bond motifs is 1. The summed E-state index contributed by atoms with van der Waals surface area (Å²) in [5, 5.41) is 0. The number of hydrogen-bond donors (Lipinski definition) is 1. The fourth-order valence-corrected chi connectivity index (χ4v) is 4.11. The molecule has 2 aliphatic rings. The first kappa shape index (κ1) is 21.8. The van der Waals surface area contributed by atoms with Gasteiger partial charge in [0.2, 0.25) is 5.91 Å². The van der Waals surface area contributed by atoms with E-state index in [-0.39, 0.29) is 18.3 Å². The topological polar surface area (TPSA) is 112 Å². The molecule has 1 aromatic heterocycles. The molecule has 2 N–H and O–H groups in total. The first-order chi connectivity index (χ1) is 15.1. The molecule has 1 saturated heterocycles. The standard InChI is InChI=1S/C24H27N3O5/c1-23(2,3)32-22(30)27-8-6-24(7-9-27)12-19(28)18-11-15(4-5-20(18)31-24)16-10-17(21(25)29)14-26-13-16/h4-5,10-11,13-14H,6-9,12H2,1-3H3,(H2,25,29). The number of ketones is 1. The number of benzene rings is 1. The number of amides is 2. The van der Waals surface area contributed by atoms with Crippen LogP contribution in [0.4, 0.5) is 4.79 Å². The second kappa shape index (κ2) is 7.93. The van der Waals surface area contributed by atoms with E-state index in [0.29, 0.717) is 48.4 Å². The number of likely N-dealkylation sites (tertiary alicyclic amines) is 1. The van der Waals surface area contributed by atoms with Crippen LogP contribution in [0, 0.1) is 0 Å². The summed E-state index contributed by atoms with van der Waals surface area (Å²) >= 11 is 0. The molecule has 8 nitrogen and oxygen atoms in total. The number of primary amides is 1. The summed E-state index contributed by atoms with van der Waals surface area (Å²) in [5.74, 6) is -0.0241. The number of Topliss-reactive ketones (excluding diaryl/α,β-unsaturated/α-hetero) is 1. The molecule has 1 fully saturated rings. The average molecular weight is 437 g/mol. The van der Waals surface area contributed by atoms with Crippen molar-refractivity contribution in [3.63, 3.8) is 0 Å². The van der Waals surface area contributed by atoms with Gasteiger partial charge in [0, 0.05) is 43.9 Å². The van der Waals surface area contributed by atoms with Gasteiger partial charge in [-0.3, -0.25) is 14.6 Å². The Morgan fingerprint density at radius 1 is 1.12 bits per heavy atom. The third-order valence-electron chi connectivity index (χ3n) is 5.77. The predicted octanol–water partition coefficient (Wildman–Crippen LogP) is 3.58. The highest BCUT2D eigenvalue weighted by molar-refractivity contribution is 6.01. The van der Waals surface area contributed by atoms with Crippen LogP contribution >= 0.6 is 0 Å². The average Bonchev–Trinajstić information content (AvgIpc) is 2.73. The normalized spacial score (nSPS) is 17.5. The Labute approximate surface area is 186 Å². The largest absolute Gasteiger partial charge is 0.486 e. The predicted molar refractivity (Wildman–Crippen MR) is 118 cm³/mol. The van der Waals surface area contributed by atoms with Gasteiger partial charge in [0.05, 0.1) is 17.5 Å². The van der Waals surface area contributed by atoms with E-state index in [2.05, 4.69) is 4.98 Å². The van der Waals surface area contributed by atoms with Gasteiger partial charge >= 0.3 is 6.09 Å². The lowest BCUT2D eigenvalue weighted by Gasteiger charge is -2.44. The Bertz CT molecular complexity index is 1080. The SMILES string of the molecule is CC(C)(C)OC(=O)N1CCC2(CC1)CC(=O)c1cc(-c3cncc(C(N)=O)c3)ccc1O2. The van der Waals surface area contributed by atoms with Crippen LogP contribution in [0.2, 0.25) is 0 Å². The van der Waals surface area contributed by atoms with Crippen molar-refractivity contribution in [3.05, 3.63) is 47.8 Å². The third-order valence-corrected chi connectivity index (χ3v) is 5.77. The number of ether oxygens (including phenoxy) is 2. The van der Waals surface area contributed by atoms with Gasteiger partial charge in [0.25, 0.3) is 0 Å². The number of carbonyl (C=O) groups is 3. The molecule has 1 spiro atoms. The Kier molecular flexibility index (Phi) is 5.40. The molecule has 0 radical (unpaired) electrons. The van der Waals surface area contributed by atoms with E-state index in [4.69, 9.17) is 15.2 Å². The number of nitrogens with two attached hydrogens (primary N) is 1. The molecule has 32 heavy (non-hydrogen) atoms. The van der Waals surface area contributed by atoms with Crippen LogP contribution in [0.15, 0.2) is 36.7 Å².